The van der Waals surface area contributed by atoms with Crippen LogP contribution in [-0.2, 0) is 9.53 Å². The van der Waals surface area contributed by atoms with Crippen LogP contribution in [0.15, 0.2) is 18.2 Å². The molecular formula is C10H12ClN3O5. The van der Waals surface area contributed by atoms with Gasteiger partial charge in [-0.25, -0.2) is 5.84 Å². The molecule has 104 valence electrons. The summed E-state index contributed by atoms with van der Waals surface area (Å²) in [4.78, 5) is 21.6. The lowest BCUT2D eigenvalue weighted by atomic mass is 10.3. The predicted octanol–water partition coefficient (Wildman–Crippen LogP) is 0.632. The number of hydrazine groups is 1. The number of carbonyl (C=O) groups excluding carboxylic acids is 1. The highest BCUT2D eigenvalue weighted by molar-refractivity contribution is 6.32. The summed E-state index contributed by atoms with van der Waals surface area (Å²) in [5.41, 5.74) is 1.53. The zero-order valence-electron chi connectivity index (χ0n) is 9.96. The van der Waals surface area contributed by atoms with E-state index in [0.717, 1.165) is 0 Å². The van der Waals surface area contributed by atoms with Gasteiger partial charge in [-0.05, 0) is 6.07 Å². The number of carbonyl (C=O) groups is 1. The fourth-order valence-electron chi connectivity index (χ4n) is 1.31. The van der Waals surface area contributed by atoms with E-state index in [9.17, 15) is 14.9 Å². The van der Waals surface area contributed by atoms with Crippen LogP contribution in [-0.4, -0.2) is 30.7 Å². The third-order valence-electron chi connectivity index (χ3n) is 2.16. The van der Waals surface area contributed by atoms with Gasteiger partial charge in [-0.15, -0.1) is 0 Å². The average Bonchev–Trinajstić information content (AvgIpc) is 2.38. The fraction of sp³-hybridized carbons (Fsp3) is 0.300. The normalized spacial score (nSPS) is 11.7. The number of rotatable bonds is 6. The number of hydrogen-bond donors (Lipinski definition) is 2. The van der Waals surface area contributed by atoms with Crippen molar-refractivity contribution in [3.05, 3.63) is 33.3 Å². The summed E-state index contributed by atoms with van der Waals surface area (Å²) in [6, 6.07) is 4.03. The second-order valence-electron chi connectivity index (χ2n) is 3.42. The molecule has 1 atom stereocenters. The van der Waals surface area contributed by atoms with Gasteiger partial charge in [0, 0.05) is 13.2 Å². The monoisotopic (exact) mass is 289 g/mol. The highest BCUT2D eigenvalue weighted by Crippen LogP contribution is 2.35. The molecule has 0 aliphatic rings. The number of nitrogens with zero attached hydrogens (tertiary/aromatic N) is 1. The summed E-state index contributed by atoms with van der Waals surface area (Å²) >= 11 is 5.83. The van der Waals surface area contributed by atoms with Gasteiger partial charge in [-0.3, -0.25) is 20.3 Å². The molecule has 0 heterocycles. The van der Waals surface area contributed by atoms with Crippen LogP contribution in [0, 0.1) is 10.1 Å². The molecule has 0 bridgehead atoms. The molecular weight excluding hydrogens is 278 g/mol. The summed E-state index contributed by atoms with van der Waals surface area (Å²) in [5.74, 6) is 4.10. The zero-order chi connectivity index (χ0) is 14.4. The lowest BCUT2D eigenvalue weighted by Crippen LogP contribution is -2.44. The molecule has 0 radical (unpaired) electrons. The molecule has 1 amide bonds. The van der Waals surface area contributed by atoms with Gasteiger partial charge in [0.05, 0.1) is 16.6 Å². The number of ether oxygens (including phenoxy) is 2. The van der Waals surface area contributed by atoms with Gasteiger partial charge in [0.15, 0.2) is 0 Å². The van der Waals surface area contributed by atoms with Crippen molar-refractivity contribution in [2.24, 2.45) is 5.84 Å². The van der Waals surface area contributed by atoms with E-state index < -0.39 is 16.9 Å². The van der Waals surface area contributed by atoms with Gasteiger partial charge in [-0.1, -0.05) is 17.7 Å². The minimum Gasteiger partial charge on any atom is -0.470 e. The first-order valence-electron chi connectivity index (χ1n) is 5.10. The van der Waals surface area contributed by atoms with E-state index in [1.807, 2.05) is 5.43 Å². The summed E-state index contributed by atoms with van der Waals surface area (Å²) in [7, 11) is 1.35. The first kappa shape index (κ1) is 15.2. The summed E-state index contributed by atoms with van der Waals surface area (Å²) < 4.78 is 10.0. The Bertz CT molecular complexity index is 482. The lowest BCUT2D eigenvalue weighted by molar-refractivity contribution is -0.386. The first-order valence-corrected chi connectivity index (χ1v) is 5.48. The number of nitrogens with two attached hydrogens (primary N) is 1. The Morgan fingerprint density at radius 1 is 1.63 bits per heavy atom. The molecule has 9 heteroatoms. The quantitative estimate of drug-likeness (QED) is 0.343. The maximum atomic E-state index is 11.4. The van der Waals surface area contributed by atoms with Gasteiger partial charge < -0.3 is 9.47 Å². The van der Waals surface area contributed by atoms with Crippen LogP contribution in [0.5, 0.6) is 5.75 Å². The smallest absolute Gasteiger partial charge is 0.312 e. The Morgan fingerprint density at radius 2 is 2.32 bits per heavy atom. The minimum atomic E-state index is -1.14. The fourth-order valence-corrected chi connectivity index (χ4v) is 1.52. The second-order valence-corrected chi connectivity index (χ2v) is 3.82. The van der Waals surface area contributed by atoms with Gasteiger partial charge in [0.2, 0.25) is 11.9 Å². The van der Waals surface area contributed by atoms with Crippen LogP contribution in [0.4, 0.5) is 5.69 Å². The molecule has 0 spiro atoms. The average molecular weight is 290 g/mol. The van der Waals surface area contributed by atoms with Crippen LogP contribution in [0.3, 0.4) is 0 Å². The van der Waals surface area contributed by atoms with Crippen molar-refractivity contribution < 1.29 is 19.2 Å². The highest BCUT2D eigenvalue weighted by atomic mass is 35.5. The Labute approximate surface area is 113 Å². The first-order chi connectivity index (χ1) is 9.01. The number of nitro groups is 1. The molecule has 0 saturated carbocycles. The van der Waals surface area contributed by atoms with Crippen LogP contribution in [0.25, 0.3) is 0 Å². The highest BCUT2D eigenvalue weighted by Gasteiger charge is 2.26. The summed E-state index contributed by atoms with van der Waals surface area (Å²) in [6.07, 6.45) is -1.14. The molecule has 1 rings (SSSR count). The van der Waals surface area contributed by atoms with Crippen molar-refractivity contribution in [1.29, 1.82) is 0 Å². The van der Waals surface area contributed by atoms with Crippen molar-refractivity contribution in [3.8, 4) is 5.75 Å². The van der Waals surface area contributed by atoms with Crippen LogP contribution >= 0.6 is 11.6 Å². The van der Waals surface area contributed by atoms with E-state index >= 15 is 0 Å². The number of nitrogens with one attached hydrogen (secondary N) is 1. The number of nitro benzene ring substituents is 1. The maximum Gasteiger partial charge on any atom is 0.312 e. The van der Waals surface area contributed by atoms with Crippen molar-refractivity contribution in [1.82, 2.24) is 5.43 Å². The molecule has 19 heavy (non-hydrogen) atoms. The minimum absolute atomic E-state index is 0.0140. The van der Waals surface area contributed by atoms with Crippen molar-refractivity contribution in [2.45, 2.75) is 6.10 Å². The van der Waals surface area contributed by atoms with E-state index in [2.05, 4.69) is 0 Å². The molecule has 0 aliphatic carbocycles. The number of halogens is 1. The third-order valence-corrected chi connectivity index (χ3v) is 2.45. The summed E-state index contributed by atoms with van der Waals surface area (Å²) in [5, 5.41) is 10.9. The second kappa shape index (κ2) is 6.88. The molecule has 1 aromatic carbocycles. The van der Waals surface area contributed by atoms with Crippen molar-refractivity contribution in [3.63, 3.8) is 0 Å². The van der Waals surface area contributed by atoms with E-state index in [-0.39, 0.29) is 23.1 Å². The van der Waals surface area contributed by atoms with Crippen LogP contribution < -0.4 is 16.0 Å². The van der Waals surface area contributed by atoms with Gasteiger partial charge >= 0.3 is 5.69 Å². The molecule has 1 aromatic rings. The SMILES string of the molecule is COCC(Oc1c(Cl)cccc1[N+](=O)[O-])C(=O)NN. The molecule has 0 aromatic heterocycles. The van der Waals surface area contributed by atoms with Crippen LogP contribution in [0.2, 0.25) is 5.02 Å². The molecule has 8 nitrogen and oxygen atoms in total. The largest absolute Gasteiger partial charge is 0.470 e. The Hall–Kier alpha value is -1.90. The van der Waals surface area contributed by atoms with Crippen molar-refractivity contribution in [2.75, 3.05) is 13.7 Å². The van der Waals surface area contributed by atoms with Gasteiger partial charge in [0.1, 0.15) is 0 Å². The van der Waals surface area contributed by atoms with E-state index in [0.29, 0.717) is 0 Å². The van der Waals surface area contributed by atoms with E-state index in [1.54, 1.807) is 0 Å². The Balaban J connectivity index is 3.08. The topological polar surface area (TPSA) is 117 Å². The standard InChI is InChI=1S/C10H12ClN3O5/c1-18-5-8(10(15)13-12)19-9-6(11)3-2-4-7(9)14(16)17/h2-4,8H,5,12H2,1H3,(H,13,15). The molecule has 1 unspecified atom stereocenters. The number of hydrogen-bond acceptors (Lipinski definition) is 6. The van der Waals surface area contributed by atoms with Gasteiger partial charge in [0.25, 0.3) is 5.91 Å². The van der Waals surface area contributed by atoms with Gasteiger partial charge in [-0.2, -0.15) is 0 Å². The predicted molar refractivity (Wildman–Crippen MR) is 66.7 cm³/mol. The summed E-state index contributed by atoms with van der Waals surface area (Å²) in [6.45, 7) is -0.134. The number of amides is 1. The molecule has 0 fully saturated rings. The van der Waals surface area contributed by atoms with E-state index in [1.165, 1.54) is 25.3 Å². The lowest BCUT2D eigenvalue weighted by Gasteiger charge is -2.17. The number of para-hydroxylation sites is 1. The maximum absolute atomic E-state index is 11.4. The molecule has 3 N–H and O–H groups in total. The van der Waals surface area contributed by atoms with Crippen LogP contribution in [0.1, 0.15) is 0 Å². The Kier molecular flexibility index (Phi) is 5.49. The zero-order valence-corrected chi connectivity index (χ0v) is 10.7. The molecule has 0 saturated heterocycles. The number of benzene rings is 1. The molecule has 0 aliphatic heterocycles. The third kappa shape index (κ3) is 3.78. The Morgan fingerprint density at radius 3 is 2.84 bits per heavy atom. The number of methoxy groups -OCH3 is 1. The van der Waals surface area contributed by atoms with Crippen molar-refractivity contribution >= 4 is 23.2 Å². The van der Waals surface area contributed by atoms with E-state index in [4.69, 9.17) is 26.9 Å².